The molecule has 2 heterocycles. The van der Waals surface area contributed by atoms with Crippen molar-refractivity contribution < 1.29 is 14.4 Å². The second-order valence-electron chi connectivity index (χ2n) is 6.25. The summed E-state index contributed by atoms with van der Waals surface area (Å²) in [4.78, 5) is 10.7. The van der Waals surface area contributed by atoms with E-state index in [9.17, 15) is 10.1 Å². The first-order valence-corrected chi connectivity index (χ1v) is 10.6. The molecule has 0 radical (unpaired) electrons. The molecular weight excluding hydrogens is 290 g/mol. The van der Waals surface area contributed by atoms with Gasteiger partial charge in [0.15, 0.2) is 5.69 Å². The van der Waals surface area contributed by atoms with Crippen LogP contribution in [0.3, 0.4) is 0 Å². The van der Waals surface area contributed by atoms with E-state index >= 15 is 0 Å². The van der Waals surface area contributed by atoms with E-state index in [2.05, 4.69) is 24.7 Å². The minimum Gasteiger partial charge on any atom is -0.373 e. The number of nitrogens with zero attached hydrogens (tertiary/aromatic N) is 3. The highest BCUT2D eigenvalue weighted by Crippen LogP contribution is 2.26. The van der Waals surface area contributed by atoms with Gasteiger partial charge in [0.25, 0.3) is 0 Å². The zero-order chi connectivity index (χ0) is 15.5. The number of nitro groups is 1. The molecule has 1 aromatic heterocycles. The van der Waals surface area contributed by atoms with Gasteiger partial charge in [-0.3, -0.25) is 10.1 Å². The van der Waals surface area contributed by atoms with Crippen molar-refractivity contribution >= 4 is 19.3 Å². The van der Waals surface area contributed by atoms with Crippen molar-refractivity contribution in [3.05, 3.63) is 28.1 Å². The Morgan fingerprint density at radius 3 is 2.86 bits per heavy atom. The summed E-state index contributed by atoms with van der Waals surface area (Å²) in [5.41, 5.74) is 1.15. The van der Waals surface area contributed by atoms with Crippen molar-refractivity contribution in [2.24, 2.45) is 0 Å². The fourth-order valence-corrected chi connectivity index (χ4v) is 2.68. The van der Waals surface area contributed by atoms with Crippen LogP contribution in [-0.4, -0.2) is 42.6 Å². The molecule has 0 bridgehead atoms. The smallest absolute Gasteiger partial charge is 0.314 e. The van der Waals surface area contributed by atoms with E-state index in [1.807, 2.05) is 6.08 Å². The normalized spacial score (nSPS) is 15.3. The molecule has 116 valence electrons. The molecule has 0 saturated carbocycles. The van der Waals surface area contributed by atoms with Gasteiger partial charge in [0.2, 0.25) is 0 Å². The molecule has 0 atom stereocenters. The minimum absolute atomic E-state index is 0.000506. The molecule has 0 fully saturated rings. The second kappa shape index (κ2) is 6.50. The van der Waals surface area contributed by atoms with Crippen LogP contribution in [0, 0.1) is 10.1 Å². The lowest BCUT2D eigenvalue weighted by atomic mass is 10.2. The third-order valence-corrected chi connectivity index (χ3v) is 4.87. The van der Waals surface area contributed by atoms with Crippen LogP contribution in [0.4, 0.5) is 5.69 Å². The van der Waals surface area contributed by atoms with Crippen LogP contribution in [0.25, 0.3) is 5.57 Å². The summed E-state index contributed by atoms with van der Waals surface area (Å²) in [6, 6.07) is 1.06. The summed E-state index contributed by atoms with van der Waals surface area (Å²) in [6.07, 6.45) is 3.24. The quantitative estimate of drug-likeness (QED) is 0.334. The lowest BCUT2D eigenvalue weighted by Crippen LogP contribution is -2.22. The zero-order valence-corrected chi connectivity index (χ0v) is 13.7. The molecule has 2 rings (SSSR count). The van der Waals surface area contributed by atoms with Crippen LogP contribution in [0.2, 0.25) is 25.7 Å². The lowest BCUT2D eigenvalue weighted by Gasteiger charge is -2.15. The topological polar surface area (TPSA) is 79.4 Å². The fourth-order valence-electron chi connectivity index (χ4n) is 1.93. The molecule has 7 nitrogen and oxygen atoms in total. The predicted octanol–water partition coefficient (Wildman–Crippen LogP) is 2.52. The maximum atomic E-state index is 11.1. The van der Waals surface area contributed by atoms with Crippen LogP contribution in [0.15, 0.2) is 12.3 Å². The molecule has 0 aliphatic carbocycles. The summed E-state index contributed by atoms with van der Waals surface area (Å²) in [5, 5.41) is 15.4. The van der Waals surface area contributed by atoms with Crippen LogP contribution >= 0.6 is 0 Å². The van der Waals surface area contributed by atoms with Gasteiger partial charge in [-0.05, 0) is 6.04 Å². The number of aromatic nitrogens is 2. The van der Waals surface area contributed by atoms with Gasteiger partial charge in [0, 0.05) is 20.3 Å². The minimum atomic E-state index is -1.13. The van der Waals surface area contributed by atoms with Crippen molar-refractivity contribution in [1.29, 1.82) is 0 Å². The summed E-state index contributed by atoms with van der Waals surface area (Å²) >= 11 is 0. The Bertz CT molecular complexity index is 548. The van der Waals surface area contributed by atoms with Crippen LogP contribution in [0.1, 0.15) is 5.69 Å². The zero-order valence-electron chi connectivity index (χ0n) is 12.7. The number of hydrogen-bond acceptors (Lipinski definition) is 5. The predicted molar refractivity (Wildman–Crippen MR) is 81.8 cm³/mol. The highest BCUT2D eigenvalue weighted by atomic mass is 28.3. The van der Waals surface area contributed by atoms with E-state index in [1.54, 1.807) is 0 Å². The first-order chi connectivity index (χ1) is 9.87. The van der Waals surface area contributed by atoms with Gasteiger partial charge in [-0.25, -0.2) is 4.68 Å². The van der Waals surface area contributed by atoms with Crippen LogP contribution < -0.4 is 0 Å². The van der Waals surface area contributed by atoms with Gasteiger partial charge >= 0.3 is 5.69 Å². The van der Waals surface area contributed by atoms with Crippen molar-refractivity contribution in [2.45, 2.75) is 32.4 Å². The Labute approximate surface area is 124 Å². The maximum absolute atomic E-state index is 11.1. The third-order valence-electron chi connectivity index (χ3n) is 3.17. The first-order valence-electron chi connectivity index (χ1n) is 6.93. The van der Waals surface area contributed by atoms with Gasteiger partial charge in [-0.2, -0.15) is 5.10 Å². The molecule has 8 heteroatoms. The summed E-state index contributed by atoms with van der Waals surface area (Å²) in [7, 11) is -1.13. The molecule has 0 amide bonds. The number of ether oxygens (including phenoxy) is 2. The number of rotatable bonds is 7. The molecule has 1 aliphatic rings. The second-order valence-corrected chi connectivity index (χ2v) is 11.9. The molecule has 1 aromatic rings. The summed E-state index contributed by atoms with van der Waals surface area (Å²) < 4.78 is 12.3. The van der Waals surface area contributed by atoms with Gasteiger partial charge in [-0.15, -0.1) is 0 Å². The van der Waals surface area contributed by atoms with Crippen molar-refractivity contribution in [1.82, 2.24) is 9.78 Å². The van der Waals surface area contributed by atoms with Gasteiger partial charge < -0.3 is 9.47 Å². The largest absolute Gasteiger partial charge is 0.373 e. The van der Waals surface area contributed by atoms with Crippen molar-refractivity contribution in [3.8, 4) is 0 Å². The molecule has 0 spiro atoms. The van der Waals surface area contributed by atoms with E-state index in [1.165, 1.54) is 10.9 Å². The van der Waals surface area contributed by atoms with E-state index in [4.69, 9.17) is 9.47 Å². The lowest BCUT2D eigenvalue weighted by molar-refractivity contribution is -0.385. The number of hydrogen-bond donors (Lipinski definition) is 0. The molecule has 1 aliphatic heterocycles. The Kier molecular flexibility index (Phi) is 4.91. The molecule has 21 heavy (non-hydrogen) atoms. The fraction of sp³-hybridized carbons (Fsp3) is 0.615. The van der Waals surface area contributed by atoms with Gasteiger partial charge in [0.1, 0.15) is 12.9 Å². The van der Waals surface area contributed by atoms with E-state index in [0.29, 0.717) is 25.5 Å². The molecule has 0 aromatic carbocycles. The average Bonchev–Trinajstić information content (AvgIpc) is 3.02. The SMILES string of the molecule is C[Si](C)(C)CCOCn1cc([N+](=O)[O-])c(C2=CCOC2)n1. The van der Waals surface area contributed by atoms with E-state index in [0.717, 1.165) is 11.6 Å². The van der Waals surface area contributed by atoms with Crippen LogP contribution in [-0.2, 0) is 16.2 Å². The van der Waals surface area contributed by atoms with E-state index < -0.39 is 13.0 Å². The van der Waals surface area contributed by atoms with Gasteiger partial charge in [-0.1, -0.05) is 25.7 Å². The highest BCUT2D eigenvalue weighted by molar-refractivity contribution is 6.76. The van der Waals surface area contributed by atoms with E-state index in [-0.39, 0.29) is 12.4 Å². The Morgan fingerprint density at radius 2 is 2.29 bits per heavy atom. The molecular formula is C13H21N3O4Si. The Morgan fingerprint density at radius 1 is 1.52 bits per heavy atom. The third kappa shape index (κ3) is 4.48. The van der Waals surface area contributed by atoms with Gasteiger partial charge in [0.05, 0.1) is 18.1 Å². The Hall–Kier alpha value is -1.51. The summed E-state index contributed by atoms with van der Waals surface area (Å²) in [6.45, 7) is 8.57. The highest BCUT2D eigenvalue weighted by Gasteiger charge is 2.24. The monoisotopic (exact) mass is 311 g/mol. The molecule has 0 unspecified atom stereocenters. The molecule has 0 N–H and O–H groups in total. The first kappa shape index (κ1) is 15.9. The van der Waals surface area contributed by atoms with Crippen molar-refractivity contribution in [2.75, 3.05) is 19.8 Å². The Balaban J connectivity index is 2.01. The van der Waals surface area contributed by atoms with Crippen LogP contribution in [0.5, 0.6) is 0 Å². The molecule has 0 saturated heterocycles. The standard InChI is InChI=1S/C13H21N3O4Si/c1-21(2,3)7-6-20-10-15-8-12(16(17)18)13(14-15)11-4-5-19-9-11/h4,8H,5-7,9-10H2,1-3H3. The average molecular weight is 311 g/mol. The van der Waals surface area contributed by atoms with Crippen molar-refractivity contribution in [3.63, 3.8) is 0 Å². The summed E-state index contributed by atoms with van der Waals surface area (Å²) in [5.74, 6) is 0. The maximum Gasteiger partial charge on any atom is 0.314 e.